The first-order chi connectivity index (χ1) is 11.6. The van der Waals surface area contributed by atoms with Crippen molar-refractivity contribution in [2.75, 3.05) is 25.0 Å². The maximum Gasteiger partial charge on any atom is 0.244 e. The highest BCUT2D eigenvalue weighted by atomic mass is 16.2. The molecule has 1 aliphatic carbocycles. The van der Waals surface area contributed by atoms with E-state index in [1.807, 2.05) is 38.1 Å². The van der Waals surface area contributed by atoms with Crippen molar-refractivity contribution in [1.29, 1.82) is 0 Å². The van der Waals surface area contributed by atoms with Gasteiger partial charge < -0.3 is 16.0 Å². The van der Waals surface area contributed by atoms with Crippen LogP contribution < -0.4 is 11.1 Å². The van der Waals surface area contributed by atoms with Crippen molar-refractivity contribution < 1.29 is 9.59 Å². The van der Waals surface area contributed by atoms with Gasteiger partial charge in [-0.3, -0.25) is 9.59 Å². The fourth-order valence-electron chi connectivity index (χ4n) is 3.49. The van der Waals surface area contributed by atoms with Crippen LogP contribution in [-0.2, 0) is 9.59 Å². The molecule has 1 aliphatic rings. The minimum absolute atomic E-state index is 0.0205. The van der Waals surface area contributed by atoms with Crippen LogP contribution >= 0.6 is 0 Å². The lowest BCUT2D eigenvalue weighted by molar-refractivity contribution is -0.139. The van der Waals surface area contributed by atoms with E-state index in [4.69, 9.17) is 5.73 Å². The molecule has 0 aromatic heterocycles. The molecule has 1 aromatic carbocycles. The van der Waals surface area contributed by atoms with E-state index in [0.717, 1.165) is 36.9 Å². The van der Waals surface area contributed by atoms with E-state index in [2.05, 4.69) is 5.32 Å². The predicted octanol–water partition coefficient (Wildman–Crippen LogP) is 2.55. The molecule has 3 N–H and O–H groups in total. The molecule has 0 bridgehead atoms. The van der Waals surface area contributed by atoms with Crippen LogP contribution in [0.25, 0.3) is 0 Å². The highest BCUT2D eigenvalue weighted by Crippen LogP contribution is 2.32. The van der Waals surface area contributed by atoms with Crippen LogP contribution in [0.15, 0.2) is 24.3 Å². The van der Waals surface area contributed by atoms with Gasteiger partial charge in [0.15, 0.2) is 0 Å². The van der Waals surface area contributed by atoms with E-state index in [0.29, 0.717) is 13.1 Å². The number of amides is 2. The van der Waals surface area contributed by atoms with E-state index in [9.17, 15) is 9.59 Å². The van der Waals surface area contributed by atoms with Crippen LogP contribution in [0, 0.1) is 18.8 Å². The molecule has 0 spiro atoms. The number of carbonyl (C=O) groups is 2. The summed E-state index contributed by atoms with van der Waals surface area (Å²) in [7, 11) is 0. The predicted molar refractivity (Wildman–Crippen MR) is 96.6 cm³/mol. The average Bonchev–Trinajstić information content (AvgIpc) is 3.04. The number of hydrogen-bond acceptors (Lipinski definition) is 3. The lowest BCUT2D eigenvalue weighted by Gasteiger charge is -2.27. The second-order valence-corrected chi connectivity index (χ2v) is 6.66. The van der Waals surface area contributed by atoms with Crippen molar-refractivity contribution in [3.8, 4) is 0 Å². The maximum atomic E-state index is 12.8. The number of hydrogen-bond donors (Lipinski definition) is 2. The molecule has 0 saturated heterocycles. The van der Waals surface area contributed by atoms with Gasteiger partial charge in [-0.15, -0.1) is 0 Å². The Kier molecular flexibility index (Phi) is 6.79. The summed E-state index contributed by atoms with van der Waals surface area (Å²) in [6, 6.07) is 7.66. The summed E-state index contributed by atoms with van der Waals surface area (Å²) in [6.45, 7) is 5.23. The fraction of sp³-hybridized carbons (Fsp3) is 0.579. The van der Waals surface area contributed by atoms with Crippen LogP contribution in [0.3, 0.4) is 0 Å². The topological polar surface area (TPSA) is 75.4 Å². The number of anilines is 1. The summed E-state index contributed by atoms with van der Waals surface area (Å²) in [4.78, 5) is 26.9. The molecule has 5 heteroatoms. The Labute approximate surface area is 144 Å². The third kappa shape index (κ3) is 4.57. The molecule has 2 rings (SSSR count). The first-order valence-corrected chi connectivity index (χ1v) is 8.91. The maximum absolute atomic E-state index is 12.8. The third-order valence-electron chi connectivity index (χ3n) is 4.84. The molecule has 1 aromatic rings. The van der Waals surface area contributed by atoms with Gasteiger partial charge in [-0.2, -0.15) is 0 Å². The van der Waals surface area contributed by atoms with Gasteiger partial charge in [0, 0.05) is 18.2 Å². The normalized spacial score (nSPS) is 20.0. The molecule has 1 saturated carbocycles. The third-order valence-corrected chi connectivity index (χ3v) is 4.84. The minimum atomic E-state index is -0.145. The van der Waals surface area contributed by atoms with Crippen molar-refractivity contribution in [3.05, 3.63) is 29.8 Å². The molecule has 0 unspecified atom stereocenters. The molecule has 0 radical (unpaired) electrons. The Morgan fingerprint density at radius 3 is 2.71 bits per heavy atom. The van der Waals surface area contributed by atoms with Crippen molar-refractivity contribution in [2.45, 2.75) is 39.5 Å². The molecular weight excluding hydrogens is 302 g/mol. The van der Waals surface area contributed by atoms with Crippen LogP contribution in [0.4, 0.5) is 5.69 Å². The lowest BCUT2D eigenvalue weighted by Crippen LogP contribution is -2.43. The fourth-order valence-corrected chi connectivity index (χ4v) is 3.49. The van der Waals surface area contributed by atoms with Crippen LogP contribution in [0.1, 0.15) is 38.2 Å². The SMILES string of the molecule is CCCN(CC(=O)Nc1ccccc1C)C(=O)[C@@H]1CCC[C@@H]1CN. The van der Waals surface area contributed by atoms with Crippen molar-refractivity contribution in [2.24, 2.45) is 17.6 Å². The lowest BCUT2D eigenvalue weighted by atomic mass is 9.94. The molecule has 0 heterocycles. The average molecular weight is 331 g/mol. The van der Waals surface area contributed by atoms with E-state index >= 15 is 0 Å². The molecule has 2 amide bonds. The van der Waals surface area contributed by atoms with Crippen molar-refractivity contribution in [3.63, 3.8) is 0 Å². The number of para-hydroxylation sites is 1. The summed E-state index contributed by atoms with van der Waals surface area (Å²) < 4.78 is 0. The Balaban J connectivity index is 2.01. The second kappa shape index (κ2) is 8.83. The van der Waals surface area contributed by atoms with Gasteiger partial charge in [-0.25, -0.2) is 0 Å². The molecule has 2 atom stereocenters. The summed E-state index contributed by atoms with van der Waals surface area (Å²) in [6.07, 6.45) is 3.79. The summed E-state index contributed by atoms with van der Waals surface area (Å²) >= 11 is 0. The van der Waals surface area contributed by atoms with Gasteiger partial charge in [0.1, 0.15) is 0 Å². The van der Waals surface area contributed by atoms with Crippen LogP contribution in [-0.4, -0.2) is 36.3 Å². The Morgan fingerprint density at radius 2 is 2.04 bits per heavy atom. The largest absolute Gasteiger partial charge is 0.333 e. The minimum Gasteiger partial charge on any atom is -0.333 e. The Hall–Kier alpha value is -1.88. The zero-order chi connectivity index (χ0) is 17.5. The van der Waals surface area contributed by atoms with E-state index in [1.54, 1.807) is 4.90 Å². The van der Waals surface area contributed by atoms with Gasteiger partial charge in [0.05, 0.1) is 6.54 Å². The van der Waals surface area contributed by atoms with E-state index in [-0.39, 0.29) is 30.2 Å². The number of nitrogens with two attached hydrogens (primary N) is 1. The van der Waals surface area contributed by atoms with Crippen molar-refractivity contribution >= 4 is 17.5 Å². The molecule has 1 fully saturated rings. The summed E-state index contributed by atoms with van der Waals surface area (Å²) in [5.74, 6) is 0.183. The van der Waals surface area contributed by atoms with Gasteiger partial charge in [0.25, 0.3) is 0 Å². The Morgan fingerprint density at radius 1 is 1.29 bits per heavy atom. The summed E-state index contributed by atoms with van der Waals surface area (Å²) in [5, 5.41) is 2.91. The van der Waals surface area contributed by atoms with Crippen LogP contribution in [0.5, 0.6) is 0 Å². The van der Waals surface area contributed by atoms with Gasteiger partial charge in [0.2, 0.25) is 11.8 Å². The van der Waals surface area contributed by atoms with Gasteiger partial charge >= 0.3 is 0 Å². The molecule has 24 heavy (non-hydrogen) atoms. The number of nitrogens with zero attached hydrogens (tertiary/aromatic N) is 1. The highest BCUT2D eigenvalue weighted by molar-refractivity contribution is 5.95. The zero-order valence-electron chi connectivity index (χ0n) is 14.8. The molecule has 5 nitrogen and oxygen atoms in total. The first-order valence-electron chi connectivity index (χ1n) is 8.91. The molecular formula is C19H29N3O2. The molecule has 0 aliphatic heterocycles. The first kappa shape index (κ1) is 18.5. The summed E-state index contributed by atoms with van der Waals surface area (Å²) in [5.41, 5.74) is 7.62. The van der Waals surface area contributed by atoms with Gasteiger partial charge in [-0.1, -0.05) is 31.5 Å². The quantitative estimate of drug-likeness (QED) is 0.806. The molecule has 132 valence electrons. The number of nitrogens with one attached hydrogen (secondary N) is 1. The monoisotopic (exact) mass is 331 g/mol. The highest BCUT2D eigenvalue weighted by Gasteiger charge is 2.35. The van der Waals surface area contributed by atoms with E-state index < -0.39 is 0 Å². The number of aryl methyl sites for hydroxylation is 1. The van der Waals surface area contributed by atoms with Gasteiger partial charge in [-0.05, 0) is 50.3 Å². The standard InChI is InChI=1S/C19H29N3O2/c1-3-11-22(19(24)16-9-6-8-15(16)12-20)13-18(23)21-17-10-5-4-7-14(17)2/h4-5,7,10,15-16H,3,6,8-9,11-13,20H2,1-2H3,(H,21,23)/t15-,16-/m1/s1. The van der Waals surface area contributed by atoms with Crippen molar-refractivity contribution in [1.82, 2.24) is 4.90 Å². The number of carbonyl (C=O) groups excluding carboxylic acids is 2. The zero-order valence-corrected chi connectivity index (χ0v) is 14.8. The van der Waals surface area contributed by atoms with Crippen LogP contribution in [0.2, 0.25) is 0 Å². The Bertz CT molecular complexity index is 573. The number of rotatable bonds is 7. The smallest absolute Gasteiger partial charge is 0.244 e. The second-order valence-electron chi connectivity index (χ2n) is 6.66. The van der Waals surface area contributed by atoms with E-state index in [1.165, 1.54) is 0 Å². The number of benzene rings is 1.